The number of pyridine rings is 2. The van der Waals surface area contributed by atoms with Gasteiger partial charge in [0.2, 0.25) is 0 Å². The summed E-state index contributed by atoms with van der Waals surface area (Å²) in [6.07, 6.45) is 1.67. The van der Waals surface area contributed by atoms with Gasteiger partial charge in [-0.3, -0.25) is 4.98 Å². The van der Waals surface area contributed by atoms with E-state index in [-0.39, 0.29) is 18.3 Å². The monoisotopic (exact) mass is 442 g/mol. The Balaban J connectivity index is 1.84. The highest BCUT2D eigenvalue weighted by Gasteiger charge is 2.20. The van der Waals surface area contributed by atoms with Gasteiger partial charge in [-0.15, -0.1) is 11.3 Å². The van der Waals surface area contributed by atoms with Gasteiger partial charge < -0.3 is 16.6 Å². The molecule has 4 rings (SSSR count). The minimum absolute atomic E-state index is 0.0218. The van der Waals surface area contributed by atoms with E-state index in [9.17, 15) is 9.50 Å². The van der Waals surface area contributed by atoms with Crippen molar-refractivity contribution >= 4 is 38.8 Å². The molecule has 3 aromatic heterocycles. The molecule has 0 spiro atoms. The number of hydrogen-bond acceptors (Lipinski definition) is 6. The normalized spacial score (nSPS) is 13.5. The molecular weight excluding hydrogens is 423 g/mol. The zero-order chi connectivity index (χ0) is 21.4. The molecule has 0 aliphatic rings. The highest BCUT2D eigenvalue weighted by molar-refractivity contribution is 7.19. The predicted molar refractivity (Wildman–Crippen MR) is 120 cm³/mol. The molecule has 0 fully saturated rings. The number of nitrogen functional groups attached to an aromatic ring is 1. The van der Waals surface area contributed by atoms with E-state index >= 15 is 0 Å². The van der Waals surface area contributed by atoms with Gasteiger partial charge in [-0.05, 0) is 53.4 Å². The second-order valence-corrected chi connectivity index (χ2v) is 8.65. The maximum atomic E-state index is 14.4. The highest BCUT2D eigenvalue weighted by Crippen LogP contribution is 2.39. The Morgan fingerprint density at radius 1 is 1.20 bits per heavy atom. The lowest BCUT2D eigenvalue weighted by molar-refractivity contribution is 0.273. The topological polar surface area (TPSA) is 98.0 Å². The van der Waals surface area contributed by atoms with Gasteiger partial charge in [0.25, 0.3) is 0 Å². The number of aliphatic hydroxyl groups is 1. The molecule has 3 heterocycles. The van der Waals surface area contributed by atoms with Crippen LogP contribution in [0.2, 0.25) is 5.02 Å². The summed E-state index contributed by atoms with van der Waals surface area (Å²) in [5.74, 6) is -0.0745. The molecule has 2 atom stereocenters. The third-order valence-corrected chi connectivity index (χ3v) is 6.59. The molecule has 0 amide bonds. The van der Waals surface area contributed by atoms with E-state index in [2.05, 4.69) is 9.97 Å². The van der Waals surface area contributed by atoms with Crippen LogP contribution in [0.5, 0.6) is 0 Å². The summed E-state index contributed by atoms with van der Waals surface area (Å²) in [7, 11) is 0. The van der Waals surface area contributed by atoms with Crippen molar-refractivity contribution in [3.63, 3.8) is 0 Å². The van der Waals surface area contributed by atoms with Crippen LogP contribution in [0.4, 0.5) is 10.2 Å². The fraction of sp³-hybridized carbons (Fsp3) is 0.182. The molecule has 4 aromatic rings. The number of nitrogens with two attached hydrogens (primary N) is 2. The van der Waals surface area contributed by atoms with Crippen LogP contribution in [0.25, 0.3) is 21.3 Å². The molecule has 0 bridgehead atoms. The molecule has 0 aliphatic heterocycles. The lowest BCUT2D eigenvalue weighted by Gasteiger charge is -2.11. The molecule has 30 heavy (non-hydrogen) atoms. The minimum Gasteiger partial charge on any atom is -0.396 e. The number of thiophene rings is 1. The van der Waals surface area contributed by atoms with E-state index in [4.69, 9.17) is 23.1 Å². The first-order valence-corrected chi connectivity index (χ1v) is 10.5. The molecule has 2 unspecified atom stereocenters. The van der Waals surface area contributed by atoms with Crippen molar-refractivity contribution in [1.82, 2.24) is 9.97 Å². The van der Waals surface area contributed by atoms with Crippen molar-refractivity contribution in [3.05, 3.63) is 75.6 Å². The van der Waals surface area contributed by atoms with Gasteiger partial charge in [-0.25, -0.2) is 9.37 Å². The molecule has 5 nitrogen and oxygen atoms in total. The summed E-state index contributed by atoms with van der Waals surface area (Å²) >= 11 is 7.71. The van der Waals surface area contributed by atoms with E-state index in [0.29, 0.717) is 27.8 Å². The number of anilines is 1. The maximum Gasteiger partial charge on any atom is 0.124 e. The molecule has 0 saturated heterocycles. The van der Waals surface area contributed by atoms with Gasteiger partial charge in [-0.2, -0.15) is 0 Å². The lowest BCUT2D eigenvalue weighted by atomic mass is 10.00. The van der Waals surface area contributed by atoms with Crippen LogP contribution in [0.1, 0.15) is 35.0 Å². The smallest absolute Gasteiger partial charge is 0.124 e. The Hall–Kier alpha value is -2.58. The van der Waals surface area contributed by atoms with Gasteiger partial charge in [0.1, 0.15) is 11.6 Å². The third-order valence-electron chi connectivity index (χ3n) is 5.00. The maximum absolute atomic E-state index is 14.4. The number of nitrogens with zero attached hydrogens (tertiary/aromatic N) is 2. The molecular formula is C22H20ClFN4OS. The number of hydrogen-bond donors (Lipinski definition) is 3. The van der Waals surface area contributed by atoms with Gasteiger partial charge in [0.05, 0.1) is 22.5 Å². The lowest BCUT2D eigenvalue weighted by Crippen LogP contribution is -2.13. The van der Waals surface area contributed by atoms with Gasteiger partial charge in [-0.1, -0.05) is 18.5 Å². The van der Waals surface area contributed by atoms with Crippen LogP contribution in [0.15, 0.2) is 48.7 Å². The number of aliphatic hydroxyl groups excluding tert-OH is 1. The Kier molecular flexibility index (Phi) is 5.71. The van der Waals surface area contributed by atoms with Gasteiger partial charge >= 0.3 is 0 Å². The number of benzene rings is 1. The number of fused-ring (bicyclic) bond motifs is 1. The van der Waals surface area contributed by atoms with Crippen molar-refractivity contribution < 1.29 is 9.50 Å². The number of rotatable bonds is 5. The Labute approximate surface area is 182 Å². The summed E-state index contributed by atoms with van der Waals surface area (Å²) in [5, 5.41) is 10.6. The van der Waals surface area contributed by atoms with Crippen LogP contribution >= 0.6 is 22.9 Å². The largest absolute Gasteiger partial charge is 0.396 e. The van der Waals surface area contributed by atoms with E-state index in [0.717, 1.165) is 20.5 Å². The fourth-order valence-electron chi connectivity index (χ4n) is 3.31. The Morgan fingerprint density at radius 3 is 2.77 bits per heavy atom. The summed E-state index contributed by atoms with van der Waals surface area (Å²) in [6.45, 7) is 1.94. The van der Waals surface area contributed by atoms with Gasteiger partial charge in [0.15, 0.2) is 0 Å². The quantitative estimate of drug-likeness (QED) is 0.409. The van der Waals surface area contributed by atoms with Crippen LogP contribution in [0, 0.1) is 5.82 Å². The molecule has 8 heteroatoms. The van der Waals surface area contributed by atoms with Crippen molar-refractivity contribution in [2.24, 2.45) is 5.73 Å². The molecule has 0 saturated carbocycles. The minimum atomic E-state index is -0.594. The first-order valence-electron chi connectivity index (χ1n) is 9.35. The van der Waals surface area contributed by atoms with Crippen LogP contribution in [-0.4, -0.2) is 21.7 Å². The van der Waals surface area contributed by atoms with Crippen LogP contribution in [0.3, 0.4) is 0 Å². The molecule has 154 valence electrons. The molecule has 1 aromatic carbocycles. The van der Waals surface area contributed by atoms with E-state index in [1.807, 2.05) is 25.1 Å². The molecule has 0 radical (unpaired) electrons. The number of halogens is 2. The zero-order valence-corrected chi connectivity index (χ0v) is 17.7. The summed E-state index contributed by atoms with van der Waals surface area (Å²) < 4.78 is 15.3. The molecule has 5 N–H and O–H groups in total. The SMILES string of the molecule is CC(CO)c1ccnc(-c2cc(F)cc3cc(C(N)c4nc(N)ccc4Cl)sc23)c1. The standard InChI is InChI=1S/C22H20ClFN4OS/c1-11(10-29)12-4-5-27-17(7-12)15-9-14(24)6-13-8-18(30-22(13)15)20(26)21-16(23)2-3-19(25)28-21/h2-9,11,20,29H,10,26H2,1H3,(H2,25,28). The summed E-state index contributed by atoms with van der Waals surface area (Å²) in [6, 6.07) is 11.2. The second-order valence-electron chi connectivity index (χ2n) is 7.16. The Morgan fingerprint density at radius 2 is 2.00 bits per heavy atom. The van der Waals surface area contributed by atoms with Crippen LogP contribution in [-0.2, 0) is 0 Å². The average molecular weight is 443 g/mol. The second kappa shape index (κ2) is 8.28. The average Bonchev–Trinajstić information content (AvgIpc) is 3.17. The van der Waals surface area contributed by atoms with Crippen molar-refractivity contribution in [1.29, 1.82) is 0 Å². The van der Waals surface area contributed by atoms with Gasteiger partial charge in [0, 0.05) is 33.9 Å². The van der Waals surface area contributed by atoms with Crippen molar-refractivity contribution in [2.75, 3.05) is 12.3 Å². The first-order chi connectivity index (χ1) is 14.4. The van der Waals surface area contributed by atoms with E-state index < -0.39 is 6.04 Å². The molecule has 0 aliphatic carbocycles. The zero-order valence-electron chi connectivity index (χ0n) is 16.1. The summed E-state index contributed by atoms with van der Waals surface area (Å²) in [4.78, 5) is 9.50. The summed E-state index contributed by atoms with van der Waals surface area (Å²) in [5.41, 5.74) is 14.9. The van der Waals surface area contributed by atoms with E-state index in [1.165, 1.54) is 23.5 Å². The van der Waals surface area contributed by atoms with Crippen molar-refractivity contribution in [2.45, 2.75) is 18.9 Å². The fourth-order valence-corrected chi connectivity index (χ4v) is 4.70. The number of aromatic nitrogens is 2. The third kappa shape index (κ3) is 3.89. The predicted octanol–water partition coefficient (Wildman–Crippen LogP) is 4.88. The van der Waals surface area contributed by atoms with Crippen molar-refractivity contribution in [3.8, 4) is 11.3 Å². The van der Waals surface area contributed by atoms with Crippen LogP contribution < -0.4 is 11.5 Å². The highest BCUT2D eigenvalue weighted by atomic mass is 35.5. The van der Waals surface area contributed by atoms with E-state index in [1.54, 1.807) is 18.3 Å². The first kappa shape index (κ1) is 20.7. The Bertz CT molecular complexity index is 1230.